The molecule has 1 rings (SSSR count). The zero-order valence-corrected chi connectivity index (χ0v) is 11.7. The Bertz CT molecular complexity index is 599. The quantitative estimate of drug-likeness (QED) is 0.879. The summed E-state index contributed by atoms with van der Waals surface area (Å²) in [6.45, 7) is -0.184. The number of hydrogen-bond donors (Lipinski definition) is 2. The third-order valence-corrected chi connectivity index (χ3v) is 3.34. The zero-order valence-electron chi connectivity index (χ0n) is 10.8. The van der Waals surface area contributed by atoms with E-state index >= 15 is 0 Å². The minimum absolute atomic E-state index is 0.113. The highest BCUT2D eigenvalue weighted by atomic mass is 32.2. The van der Waals surface area contributed by atoms with Gasteiger partial charge >= 0.3 is 12.3 Å². The van der Waals surface area contributed by atoms with Crippen LogP contribution in [-0.2, 0) is 14.8 Å². The van der Waals surface area contributed by atoms with E-state index < -0.39 is 34.9 Å². The van der Waals surface area contributed by atoms with Gasteiger partial charge in [0.25, 0.3) is 0 Å². The second-order valence-electron chi connectivity index (χ2n) is 4.17. The number of alkyl halides is 3. The van der Waals surface area contributed by atoms with Crippen molar-refractivity contribution in [3.63, 3.8) is 0 Å². The third-order valence-electron chi connectivity index (χ3n) is 2.41. The van der Waals surface area contributed by atoms with Crippen LogP contribution in [0.4, 0.5) is 18.0 Å². The van der Waals surface area contributed by atoms with Gasteiger partial charge in [0.05, 0.1) is 10.9 Å². The van der Waals surface area contributed by atoms with Crippen molar-refractivity contribution in [2.24, 2.45) is 5.14 Å². The predicted octanol–water partition coefficient (Wildman–Crippen LogP) is 1.68. The molecule has 118 valence electrons. The fourth-order valence-electron chi connectivity index (χ4n) is 1.40. The molecule has 0 saturated carbocycles. The number of alkyl carbamates (subject to hydrolysis) is 1. The maximum atomic E-state index is 11.9. The van der Waals surface area contributed by atoms with E-state index in [-0.39, 0.29) is 4.90 Å². The fraction of sp³-hybridized carbons (Fsp3) is 0.364. The maximum absolute atomic E-state index is 11.9. The summed E-state index contributed by atoms with van der Waals surface area (Å²) in [5.41, 5.74) is 0.478. The van der Waals surface area contributed by atoms with E-state index in [0.717, 1.165) is 0 Å². The van der Waals surface area contributed by atoms with Crippen molar-refractivity contribution in [1.82, 2.24) is 5.32 Å². The monoisotopic (exact) mass is 326 g/mol. The van der Waals surface area contributed by atoms with Crippen LogP contribution in [0.3, 0.4) is 0 Å². The Hall–Kier alpha value is -1.81. The highest BCUT2D eigenvalue weighted by Crippen LogP contribution is 2.17. The molecular formula is C11H13F3N2O4S. The van der Waals surface area contributed by atoms with Gasteiger partial charge in [0.1, 0.15) is 0 Å². The number of primary sulfonamides is 1. The summed E-state index contributed by atoms with van der Waals surface area (Å²) in [6, 6.07) is 4.55. The van der Waals surface area contributed by atoms with E-state index in [9.17, 15) is 26.4 Å². The summed E-state index contributed by atoms with van der Waals surface area (Å²) >= 11 is 0. The van der Waals surface area contributed by atoms with Gasteiger partial charge in [-0.1, -0.05) is 12.1 Å². The number of ether oxygens (including phenoxy) is 1. The molecule has 3 N–H and O–H groups in total. The first-order valence-electron chi connectivity index (χ1n) is 5.62. The smallest absolute Gasteiger partial charge is 0.422 e. The van der Waals surface area contributed by atoms with Crippen LogP contribution < -0.4 is 10.5 Å². The van der Waals surface area contributed by atoms with Crippen molar-refractivity contribution in [3.05, 3.63) is 29.8 Å². The lowest BCUT2D eigenvalue weighted by Crippen LogP contribution is -2.31. The molecule has 0 bridgehead atoms. The molecule has 0 radical (unpaired) electrons. The minimum Gasteiger partial charge on any atom is -0.440 e. The second-order valence-corrected chi connectivity index (χ2v) is 5.73. The van der Waals surface area contributed by atoms with Crippen molar-refractivity contribution >= 4 is 16.1 Å². The Balaban J connectivity index is 2.64. The molecule has 1 amide bonds. The van der Waals surface area contributed by atoms with Gasteiger partial charge in [-0.2, -0.15) is 13.2 Å². The van der Waals surface area contributed by atoms with Gasteiger partial charge < -0.3 is 10.1 Å². The van der Waals surface area contributed by atoms with Gasteiger partial charge in [-0.15, -0.1) is 0 Å². The lowest BCUT2D eigenvalue weighted by molar-refractivity contribution is -0.160. The molecular weight excluding hydrogens is 313 g/mol. The molecule has 0 aliphatic carbocycles. The van der Waals surface area contributed by atoms with Crippen LogP contribution in [-0.4, -0.2) is 27.3 Å². The fourth-order valence-corrected chi connectivity index (χ4v) is 1.91. The van der Waals surface area contributed by atoms with Crippen LogP contribution in [0.25, 0.3) is 0 Å². The van der Waals surface area contributed by atoms with Crippen LogP contribution in [0, 0.1) is 0 Å². The minimum atomic E-state index is -4.60. The Morgan fingerprint density at radius 3 is 2.29 bits per heavy atom. The van der Waals surface area contributed by atoms with Crippen molar-refractivity contribution in [2.75, 3.05) is 6.61 Å². The van der Waals surface area contributed by atoms with E-state index in [4.69, 9.17) is 5.14 Å². The number of rotatable bonds is 4. The number of sulfonamides is 1. The van der Waals surface area contributed by atoms with E-state index in [2.05, 4.69) is 10.1 Å². The lowest BCUT2D eigenvalue weighted by atomic mass is 10.1. The van der Waals surface area contributed by atoms with Crippen LogP contribution in [0.5, 0.6) is 0 Å². The molecule has 1 atom stereocenters. The molecule has 0 fully saturated rings. The highest BCUT2D eigenvalue weighted by Gasteiger charge is 2.29. The molecule has 0 aromatic heterocycles. The Morgan fingerprint density at radius 1 is 1.33 bits per heavy atom. The summed E-state index contributed by atoms with van der Waals surface area (Å²) in [5.74, 6) is 0. The first-order valence-corrected chi connectivity index (χ1v) is 7.16. The summed E-state index contributed by atoms with van der Waals surface area (Å²) < 4.78 is 61.7. The van der Waals surface area contributed by atoms with Crippen molar-refractivity contribution in [1.29, 1.82) is 0 Å². The van der Waals surface area contributed by atoms with E-state index in [1.165, 1.54) is 31.2 Å². The Labute approximate surface area is 119 Å². The SMILES string of the molecule is C[C@H](NC(=O)OCC(F)(F)F)c1ccc(S(N)(=O)=O)cc1. The maximum Gasteiger partial charge on any atom is 0.422 e. The van der Waals surface area contributed by atoms with E-state index in [0.29, 0.717) is 5.56 Å². The van der Waals surface area contributed by atoms with Crippen LogP contribution >= 0.6 is 0 Å². The summed E-state index contributed by atoms with van der Waals surface area (Å²) in [4.78, 5) is 11.0. The molecule has 10 heteroatoms. The average Bonchev–Trinajstić information content (AvgIpc) is 2.34. The topological polar surface area (TPSA) is 98.5 Å². The number of benzene rings is 1. The molecule has 0 aliphatic heterocycles. The summed E-state index contributed by atoms with van der Waals surface area (Å²) in [6.07, 6.45) is -5.83. The number of nitrogens with two attached hydrogens (primary N) is 1. The van der Waals surface area contributed by atoms with Crippen molar-refractivity contribution < 1.29 is 31.1 Å². The number of carbonyl (C=O) groups is 1. The zero-order chi connectivity index (χ0) is 16.3. The summed E-state index contributed by atoms with van der Waals surface area (Å²) in [7, 11) is -3.83. The average molecular weight is 326 g/mol. The number of nitrogens with one attached hydrogen (secondary N) is 1. The van der Waals surface area contributed by atoms with Crippen LogP contribution in [0.2, 0.25) is 0 Å². The molecule has 0 unspecified atom stereocenters. The van der Waals surface area contributed by atoms with Gasteiger partial charge in [-0.05, 0) is 24.6 Å². The van der Waals surface area contributed by atoms with Gasteiger partial charge in [0.15, 0.2) is 6.61 Å². The van der Waals surface area contributed by atoms with Crippen LogP contribution in [0.1, 0.15) is 18.5 Å². The van der Waals surface area contributed by atoms with Crippen molar-refractivity contribution in [2.45, 2.75) is 24.0 Å². The van der Waals surface area contributed by atoms with Gasteiger partial charge in [-0.3, -0.25) is 0 Å². The molecule has 21 heavy (non-hydrogen) atoms. The number of hydrogen-bond acceptors (Lipinski definition) is 4. The Kier molecular flexibility index (Phi) is 5.18. The summed E-state index contributed by atoms with van der Waals surface area (Å²) in [5, 5.41) is 7.11. The molecule has 6 nitrogen and oxygen atoms in total. The third kappa shape index (κ3) is 6.00. The number of halogens is 3. The first-order chi connectivity index (χ1) is 9.49. The molecule has 1 aromatic rings. The second kappa shape index (κ2) is 6.31. The number of carbonyl (C=O) groups excluding carboxylic acids is 1. The van der Waals surface area contributed by atoms with E-state index in [1.807, 2.05) is 0 Å². The van der Waals surface area contributed by atoms with Crippen LogP contribution in [0.15, 0.2) is 29.2 Å². The molecule has 0 aliphatic rings. The van der Waals surface area contributed by atoms with Crippen molar-refractivity contribution in [3.8, 4) is 0 Å². The van der Waals surface area contributed by atoms with Gasteiger partial charge in [0, 0.05) is 0 Å². The lowest BCUT2D eigenvalue weighted by Gasteiger charge is -2.15. The predicted molar refractivity (Wildman–Crippen MR) is 66.8 cm³/mol. The number of amides is 1. The van der Waals surface area contributed by atoms with E-state index in [1.54, 1.807) is 0 Å². The highest BCUT2D eigenvalue weighted by molar-refractivity contribution is 7.89. The molecule has 0 saturated heterocycles. The largest absolute Gasteiger partial charge is 0.440 e. The normalized spacial score (nSPS) is 13.6. The molecule has 0 heterocycles. The standard InChI is InChI=1S/C11H13F3N2O4S/c1-7(16-10(17)20-6-11(12,13)14)8-2-4-9(5-3-8)21(15,18)19/h2-5,7H,6H2,1H3,(H,16,17)(H2,15,18,19)/t7-/m0/s1. The molecule has 1 aromatic carbocycles. The van der Waals surface area contributed by atoms with Gasteiger partial charge in [0.2, 0.25) is 10.0 Å². The molecule has 0 spiro atoms. The Morgan fingerprint density at radius 2 is 1.86 bits per heavy atom. The first kappa shape index (κ1) is 17.2. The van der Waals surface area contributed by atoms with Gasteiger partial charge in [-0.25, -0.2) is 18.4 Å².